The molecule has 0 aromatic heterocycles. The van der Waals surface area contributed by atoms with Crippen molar-refractivity contribution in [3.05, 3.63) is 0 Å². The van der Waals surface area contributed by atoms with Gasteiger partial charge in [0.25, 0.3) is 0 Å². The van der Waals surface area contributed by atoms with Gasteiger partial charge in [-0.25, -0.2) is 4.39 Å². The van der Waals surface area contributed by atoms with E-state index >= 15 is 0 Å². The smallest absolute Gasteiger partial charge is 0.234 e. The highest BCUT2D eigenvalue weighted by molar-refractivity contribution is 5.14. The fourth-order valence-electron chi connectivity index (χ4n) is 0.313. The minimum Gasteiger partial charge on any atom is -0.234 e. The van der Waals surface area contributed by atoms with Crippen LogP contribution < -0.4 is 0 Å². The molecule has 1 fully saturated rings. The second kappa shape index (κ2) is 1.00. The Hall–Kier alpha value is -0.320. The lowest BCUT2D eigenvalue weighted by Crippen LogP contribution is -2.07. The van der Waals surface area contributed by atoms with Crippen molar-refractivity contribution in [3.8, 4) is 0 Å². The summed E-state index contributed by atoms with van der Waals surface area (Å²) >= 11 is 0. The summed E-state index contributed by atoms with van der Waals surface area (Å²) in [5.74, 6) is -8.43. The van der Waals surface area contributed by atoms with Crippen LogP contribution in [0.4, 0.5) is 17.6 Å². The van der Waals surface area contributed by atoms with Crippen molar-refractivity contribution < 1.29 is 22.7 Å². The third-order valence-electron chi connectivity index (χ3n) is 1.02. The molecule has 1 radical (unpaired) electrons. The zero-order chi connectivity index (χ0) is 6.58. The first-order valence-electron chi connectivity index (χ1n) is 1.82. The monoisotopic (exact) mass is 129 g/mol. The Balaban J connectivity index is 2.72. The Bertz CT molecular complexity index is 106. The topological polar surface area (TPSA) is 19.9 Å². The molecule has 0 amide bonds. The maximum Gasteiger partial charge on any atom is 0.348 e. The SMILES string of the molecule is [O]C1(F)C(F)C1(F)F. The summed E-state index contributed by atoms with van der Waals surface area (Å²) in [4.78, 5) is 0. The van der Waals surface area contributed by atoms with Gasteiger partial charge in [-0.1, -0.05) is 0 Å². The molecule has 0 spiro atoms. The Morgan fingerprint density at radius 1 is 1.25 bits per heavy atom. The average Bonchev–Trinajstić information content (AvgIpc) is 1.88. The molecule has 0 aliphatic heterocycles. The fourth-order valence-corrected chi connectivity index (χ4v) is 0.313. The second-order valence-corrected chi connectivity index (χ2v) is 1.63. The van der Waals surface area contributed by atoms with Gasteiger partial charge in [0.1, 0.15) is 0 Å². The predicted octanol–water partition coefficient (Wildman–Crippen LogP) is 1.07. The summed E-state index contributed by atoms with van der Waals surface area (Å²) in [6.07, 6.45) is -3.14. The maximum absolute atomic E-state index is 11.3. The van der Waals surface area contributed by atoms with E-state index in [1.807, 2.05) is 0 Å². The largest absolute Gasteiger partial charge is 0.348 e. The van der Waals surface area contributed by atoms with Gasteiger partial charge in [-0.05, 0) is 0 Å². The van der Waals surface area contributed by atoms with Crippen molar-refractivity contribution in [2.45, 2.75) is 17.9 Å². The van der Waals surface area contributed by atoms with Crippen molar-refractivity contribution in [1.82, 2.24) is 0 Å². The molecule has 2 unspecified atom stereocenters. The number of alkyl halides is 4. The molecular weight excluding hydrogens is 128 g/mol. The Morgan fingerprint density at radius 3 is 1.38 bits per heavy atom. The van der Waals surface area contributed by atoms with E-state index < -0.39 is 17.9 Å². The first kappa shape index (κ1) is 5.81. The molecule has 1 nitrogen and oxygen atoms in total. The molecule has 1 rings (SSSR count). The Kier molecular flexibility index (Phi) is 0.726. The molecule has 0 saturated heterocycles. The number of rotatable bonds is 0. The van der Waals surface area contributed by atoms with E-state index in [-0.39, 0.29) is 0 Å². The molecule has 2 atom stereocenters. The average molecular weight is 129 g/mol. The molecule has 5 heteroatoms. The number of hydrogen-bond donors (Lipinski definition) is 0. The van der Waals surface area contributed by atoms with Crippen molar-refractivity contribution in [2.24, 2.45) is 0 Å². The predicted molar refractivity (Wildman–Crippen MR) is 14.4 cm³/mol. The summed E-state index contributed by atoms with van der Waals surface area (Å²) in [6, 6.07) is 0. The van der Waals surface area contributed by atoms with Crippen LogP contribution in [0.1, 0.15) is 0 Å². The molecule has 0 N–H and O–H groups in total. The molecule has 0 bridgehead atoms. The van der Waals surface area contributed by atoms with E-state index in [4.69, 9.17) is 0 Å². The summed E-state index contributed by atoms with van der Waals surface area (Å²) in [7, 11) is 0. The summed E-state index contributed by atoms with van der Waals surface area (Å²) in [5, 5.41) is 9.41. The lowest BCUT2D eigenvalue weighted by atomic mass is 10.7. The van der Waals surface area contributed by atoms with Crippen molar-refractivity contribution in [2.75, 3.05) is 0 Å². The normalized spacial score (nSPS) is 51.4. The van der Waals surface area contributed by atoms with Crippen LogP contribution in [0, 0.1) is 0 Å². The molecule has 8 heavy (non-hydrogen) atoms. The van der Waals surface area contributed by atoms with Crippen LogP contribution in [-0.2, 0) is 5.11 Å². The third kappa shape index (κ3) is 0.357. The lowest BCUT2D eigenvalue weighted by Gasteiger charge is -1.86. The van der Waals surface area contributed by atoms with Gasteiger partial charge in [0.05, 0.1) is 0 Å². The Morgan fingerprint density at radius 2 is 1.38 bits per heavy atom. The third-order valence-corrected chi connectivity index (χ3v) is 1.02. The van der Waals surface area contributed by atoms with Gasteiger partial charge in [-0.15, -0.1) is 0 Å². The van der Waals surface area contributed by atoms with E-state index in [2.05, 4.69) is 0 Å². The highest BCUT2D eigenvalue weighted by atomic mass is 19.3. The van der Waals surface area contributed by atoms with E-state index in [0.717, 1.165) is 0 Å². The molecule has 0 aromatic rings. The summed E-state index contributed by atoms with van der Waals surface area (Å²) in [6.45, 7) is 0. The highest BCUT2D eigenvalue weighted by Gasteiger charge is 2.87. The van der Waals surface area contributed by atoms with Gasteiger partial charge in [-0.2, -0.15) is 18.3 Å². The zero-order valence-corrected chi connectivity index (χ0v) is 3.50. The lowest BCUT2D eigenvalue weighted by molar-refractivity contribution is -0.131. The van der Waals surface area contributed by atoms with E-state index in [1.54, 1.807) is 0 Å². The van der Waals surface area contributed by atoms with E-state index in [1.165, 1.54) is 0 Å². The van der Waals surface area contributed by atoms with Crippen LogP contribution in [0.3, 0.4) is 0 Å². The first-order chi connectivity index (χ1) is 3.40. The summed E-state index contributed by atoms with van der Waals surface area (Å²) in [5.41, 5.74) is 0. The van der Waals surface area contributed by atoms with Crippen molar-refractivity contribution in [3.63, 3.8) is 0 Å². The number of halogens is 4. The molecule has 1 saturated carbocycles. The van der Waals surface area contributed by atoms with Crippen LogP contribution in [0.25, 0.3) is 0 Å². The van der Waals surface area contributed by atoms with Gasteiger partial charge < -0.3 is 0 Å². The van der Waals surface area contributed by atoms with Gasteiger partial charge in [0.15, 0.2) is 0 Å². The van der Waals surface area contributed by atoms with Gasteiger partial charge in [0, 0.05) is 0 Å². The second-order valence-electron chi connectivity index (χ2n) is 1.63. The zero-order valence-electron chi connectivity index (χ0n) is 3.50. The van der Waals surface area contributed by atoms with Crippen LogP contribution in [0.15, 0.2) is 0 Å². The van der Waals surface area contributed by atoms with Gasteiger partial charge in [0.2, 0.25) is 6.17 Å². The van der Waals surface area contributed by atoms with Gasteiger partial charge >= 0.3 is 11.8 Å². The first-order valence-corrected chi connectivity index (χ1v) is 1.82. The molecule has 0 aromatic carbocycles. The van der Waals surface area contributed by atoms with Crippen LogP contribution in [0.2, 0.25) is 0 Å². The standard InChI is InChI=1S/C3HF4O/c4-1-2(5,6)3(1,7)8/h1H. The minimum atomic E-state index is -4.28. The molecule has 0 heterocycles. The minimum absolute atomic E-state index is 3.14. The van der Waals surface area contributed by atoms with Gasteiger partial charge in [-0.3, -0.25) is 0 Å². The number of hydrogen-bond acceptors (Lipinski definition) is 0. The van der Waals surface area contributed by atoms with Crippen LogP contribution in [0.5, 0.6) is 0 Å². The maximum atomic E-state index is 11.3. The van der Waals surface area contributed by atoms with Crippen molar-refractivity contribution in [1.29, 1.82) is 0 Å². The quantitative estimate of drug-likeness (QED) is 0.436. The van der Waals surface area contributed by atoms with E-state index in [0.29, 0.717) is 0 Å². The van der Waals surface area contributed by atoms with E-state index in [9.17, 15) is 22.7 Å². The van der Waals surface area contributed by atoms with Crippen molar-refractivity contribution >= 4 is 0 Å². The fraction of sp³-hybridized carbons (Fsp3) is 1.00. The highest BCUT2D eigenvalue weighted by Crippen LogP contribution is 2.56. The van der Waals surface area contributed by atoms with Crippen LogP contribution >= 0.6 is 0 Å². The Labute approximate surface area is 41.9 Å². The molecular formula is C3HF4O. The molecule has 1 aliphatic carbocycles. The van der Waals surface area contributed by atoms with Crippen LogP contribution in [-0.4, -0.2) is 17.9 Å². The summed E-state index contributed by atoms with van der Waals surface area (Å²) < 4.78 is 45.0. The molecule has 47 valence electrons. The molecule has 1 aliphatic rings.